The summed E-state index contributed by atoms with van der Waals surface area (Å²) in [6, 6.07) is 7.43. The summed E-state index contributed by atoms with van der Waals surface area (Å²) in [5.41, 5.74) is 3.15. The lowest BCUT2D eigenvalue weighted by atomic mass is 10.1. The smallest absolute Gasteiger partial charge is 0.276 e. The second kappa shape index (κ2) is 6.24. The predicted molar refractivity (Wildman–Crippen MR) is 89.8 cm³/mol. The zero-order valence-electron chi connectivity index (χ0n) is 12.8. The maximum atomic E-state index is 12.4. The minimum atomic E-state index is -0.271. The van der Waals surface area contributed by atoms with Gasteiger partial charge < -0.3 is 14.6 Å². The van der Waals surface area contributed by atoms with E-state index in [0.29, 0.717) is 15.9 Å². The number of halogens is 1. The van der Waals surface area contributed by atoms with Crippen molar-refractivity contribution in [2.45, 2.75) is 13.8 Å². The Kier molecular flexibility index (Phi) is 4.57. The van der Waals surface area contributed by atoms with E-state index in [1.165, 1.54) is 4.57 Å². The normalized spacial score (nSPS) is 10.2. The third-order valence-electron chi connectivity index (χ3n) is 3.59. The molecular formula is C16H16BrN3O2. The summed E-state index contributed by atoms with van der Waals surface area (Å²) >= 11 is 3.36. The first-order valence-electron chi connectivity index (χ1n) is 6.61. The number of hydrogen-bond donors (Lipinski definition) is 1. The van der Waals surface area contributed by atoms with Crippen molar-refractivity contribution in [1.29, 1.82) is 5.26 Å². The molecule has 0 radical (unpaired) electrons. The van der Waals surface area contributed by atoms with Crippen LogP contribution in [0.5, 0.6) is 5.75 Å². The lowest BCUT2D eigenvalue weighted by Crippen LogP contribution is -2.22. The molecule has 0 aliphatic heterocycles. The fourth-order valence-corrected chi connectivity index (χ4v) is 2.74. The van der Waals surface area contributed by atoms with Crippen molar-refractivity contribution < 1.29 is 4.74 Å². The van der Waals surface area contributed by atoms with Crippen LogP contribution in [0.1, 0.15) is 16.8 Å². The number of nitrogens with zero attached hydrogens (tertiary/aromatic N) is 2. The Morgan fingerprint density at radius 3 is 2.59 bits per heavy atom. The molecule has 0 amide bonds. The Hall–Kier alpha value is -2.26. The minimum Gasteiger partial charge on any atom is -0.496 e. The van der Waals surface area contributed by atoms with Crippen molar-refractivity contribution in [3.63, 3.8) is 0 Å². The molecule has 0 fully saturated rings. The van der Waals surface area contributed by atoms with Crippen LogP contribution in [0.25, 0.3) is 0 Å². The number of aryl methyl sites for hydroxylation is 1. The van der Waals surface area contributed by atoms with Gasteiger partial charge in [-0.15, -0.1) is 0 Å². The minimum absolute atomic E-state index is 0.271. The number of rotatable bonds is 3. The molecule has 0 aliphatic carbocycles. The summed E-state index contributed by atoms with van der Waals surface area (Å²) in [4.78, 5) is 12.4. The molecule has 0 bridgehead atoms. The molecule has 1 N–H and O–H groups in total. The largest absolute Gasteiger partial charge is 0.496 e. The van der Waals surface area contributed by atoms with Gasteiger partial charge in [-0.05, 0) is 47.5 Å². The third kappa shape index (κ3) is 2.72. The van der Waals surface area contributed by atoms with Gasteiger partial charge in [-0.3, -0.25) is 4.79 Å². The highest BCUT2D eigenvalue weighted by atomic mass is 79.9. The van der Waals surface area contributed by atoms with Crippen molar-refractivity contribution in [3.05, 3.63) is 49.8 Å². The van der Waals surface area contributed by atoms with Crippen LogP contribution in [-0.2, 0) is 7.05 Å². The van der Waals surface area contributed by atoms with Gasteiger partial charge in [0.15, 0.2) is 0 Å². The van der Waals surface area contributed by atoms with Gasteiger partial charge >= 0.3 is 0 Å². The van der Waals surface area contributed by atoms with E-state index in [9.17, 15) is 4.79 Å². The van der Waals surface area contributed by atoms with Crippen LogP contribution >= 0.6 is 15.9 Å². The van der Waals surface area contributed by atoms with E-state index >= 15 is 0 Å². The first-order valence-corrected chi connectivity index (χ1v) is 7.40. The number of pyridine rings is 1. The number of aromatic nitrogens is 1. The summed E-state index contributed by atoms with van der Waals surface area (Å²) < 4.78 is 7.19. The molecule has 1 heterocycles. The molecule has 5 nitrogen and oxygen atoms in total. The standard InChI is InChI=1S/C16H16BrN3O2/c1-9-5-6-13(22-4)10(2)14(9)19-15-12(17)7-11(8-18)20(3)16(15)21/h5-7,19H,1-4H3. The predicted octanol–water partition coefficient (Wildman–Crippen LogP) is 3.39. The summed E-state index contributed by atoms with van der Waals surface area (Å²) in [5.74, 6) is 0.745. The molecule has 0 aliphatic rings. The second-order valence-corrected chi connectivity index (χ2v) is 5.79. The van der Waals surface area contributed by atoms with Gasteiger partial charge in [0.25, 0.3) is 5.56 Å². The highest BCUT2D eigenvalue weighted by molar-refractivity contribution is 9.10. The van der Waals surface area contributed by atoms with Crippen LogP contribution in [0.2, 0.25) is 0 Å². The van der Waals surface area contributed by atoms with Crippen LogP contribution in [-0.4, -0.2) is 11.7 Å². The van der Waals surface area contributed by atoms with E-state index in [2.05, 4.69) is 21.2 Å². The highest BCUT2D eigenvalue weighted by Crippen LogP contribution is 2.32. The number of nitriles is 1. The van der Waals surface area contributed by atoms with Crippen molar-refractivity contribution in [1.82, 2.24) is 4.57 Å². The summed E-state index contributed by atoms with van der Waals surface area (Å²) in [6.45, 7) is 3.88. The van der Waals surface area contributed by atoms with Gasteiger partial charge in [-0.25, -0.2) is 0 Å². The molecule has 0 saturated carbocycles. The van der Waals surface area contributed by atoms with Gasteiger partial charge in [0.05, 0.1) is 7.11 Å². The van der Waals surface area contributed by atoms with E-state index in [4.69, 9.17) is 10.00 Å². The number of nitrogens with one attached hydrogen (secondary N) is 1. The first-order chi connectivity index (χ1) is 10.4. The van der Waals surface area contributed by atoms with Crippen LogP contribution in [0.4, 0.5) is 11.4 Å². The molecule has 6 heteroatoms. The van der Waals surface area contributed by atoms with Crippen molar-refractivity contribution in [3.8, 4) is 11.8 Å². The fraction of sp³-hybridized carbons (Fsp3) is 0.250. The van der Waals surface area contributed by atoms with Gasteiger partial charge in [0, 0.05) is 22.8 Å². The molecular weight excluding hydrogens is 346 g/mol. The summed E-state index contributed by atoms with van der Waals surface area (Å²) in [5, 5.41) is 12.2. The quantitative estimate of drug-likeness (QED) is 0.909. The maximum Gasteiger partial charge on any atom is 0.276 e. The SMILES string of the molecule is COc1ccc(C)c(Nc2c(Br)cc(C#N)n(C)c2=O)c1C. The molecule has 22 heavy (non-hydrogen) atoms. The summed E-state index contributed by atoms with van der Waals surface area (Å²) in [7, 11) is 3.18. The monoisotopic (exact) mass is 361 g/mol. The second-order valence-electron chi connectivity index (χ2n) is 4.94. The van der Waals surface area contributed by atoms with E-state index in [-0.39, 0.29) is 5.56 Å². The first kappa shape index (κ1) is 16.1. The van der Waals surface area contributed by atoms with E-state index in [1.54, 1.807) is 20.2 Å². The van der Waals surface area contributed by atoms with E-state index in [1.807, 2.05) is 32.0 Å². The molecule has 1 aromatic heterocycles. The number of benzene rings is 1. The van der Waals surface area contributed by atoms with Crippen molar-refractivity contribution >= 4 is 27.3 Å². The lowest BCUT2D eigenvalue weighted by Gasteiger charge is -2.17. The van der Waals surface area contributed by atoms with Crippen molar-refractivity contribution in [2.75, 3.05) is 12.4 Å². The summed E-state index contributed by atoms with van der Waals surface area (Å²) in [6.07, 6.45) is 0. The third-order valence-corrected chi connectivity index (χ3v) is 4.22. The molecule has 1 aromatic carbocycles. The van der Waals surface area contributed by atoms with Crippen LogP contribution in [0.15, 0.2) is 27.5 Å². The lowest BCUT2D eigenvalue weighted by molar-refractivity contribution is 0.412. The topological polar surface area (TPSA) is 67.0 Å². The molecule has 2 rings (SSSR count). The van der Waals surface area contributed by atoms with Gasteiger partial charge in [-0.1, -0.05) is 6.07 Å². The molecule has 0 saturated heterocycles. The number of anilines is 2. The van der Waals surface area contributed by atoms with Crippen LogP contribution in [0, 0.1) is 25.2 Å². The van der Waals surface area contributed by atoms with Crippen molar-refractivity contribution in [2.24, 2.45) is 7.05 Å². The molecule has 114 valence electrons. The number of methoxy groups -OCH3 is 1. The average molecular weight is 362 g/mol. The Morgan fingerprint density at radius 1 is 1.32 bits per heavy atom. The van der Waals surface area contributed by atoms with E-state index < -0.39 is 0 Å². The molecule has 0 atom stereocenters. The van der Waals surface area contributed by atoms with Gasteiger partial charge in [0.2, 0.25) is 0 Å². The maximum absolute atomic E-state index is 12.4. The number of hydrogen-bond acceptors (Lipinski definition) is 4. The van der Waals surface area contributed by atoms with Crippen LogP contribution < -0.4 is 15.6 Å². The fourth-order valence-electron chi connectivity index (χ4n) is 2.26. The Labute approximate surface area is 137 Å². The molecule has 0 unspecified atom stereocenters. The highest BCUT2D eigenvalue weighted by Gasteiger charge is 2.15. The Bertz CT molecular complexity index is 835. The van der Waals surface area contributed by atoms with Gasteiger partial charge in [-0.2, -0.15) is 5.26 Å². The van der Waals surface area contributed by atoms with Gasteiger partial charge in [0.1, 0.15) is 23.2 Å². The zero-order chi connectivity index (χ0) is 16.4. The molecule has 0 spiro atoms. The Balaban J connectivity index is 2.61. The van der Waals surface area contributed by atoms with E-state index in [0.717, 1.165) is 22.6 Å². The zero-order valence-corrected chi connectivity index (χ0v) is 14.4. The Morgan fingerprint density at radius 2 is 2.00 bits per heavy atom. The van der Waals surface area contributed by atoms with Crippen LogP contribution in [0.3, 0.4) is 0 Å². The number of ether oxygens (including phenoxy) is 1. The average Bonchev–Trinajstić information content (AvgIpc) is 2.50. The molecule has 2 aromatic rings.